The summed E-state index contributed by atoms with van der Waals surface area (Å²) in [6, 6.07) is 7.96. The van der Waals surface area contributed by atoms with Gasteiger partial charge in [-0.1, -0.05) is 34.8 Å². The minimum atomic E-state index is 0.809. The first-order valence-corrected chi connectivity index (χ1v) is 6.74. The summed E-state index contributed by atoms with van der Waals surface area (Å²) in [5, 5.41) is 0. The fraction of sp³-hybridized carbons (Fsp3) is 0.500. The molecule has 0 fully saturated rings. The number of rotatable bonds is 7. The van der Waals surface area contributed by atoms with E-state index in [1.54, 1.807) is 0 Å². The van der Waals surface area contributed by atoms with Crippen molar-refractivity contribution in [2.24, 2.45) is 0 Å². The lowest BCUT2D eigenvalue weighted by Crippen LogP contribution is -1.97. The van der Waals surface area contributed by atoms with Gasteiger partial charge in [0.1, 0.15) is 5.75 Å². The predicted octanol–water partition coefficient (Wildman–Crippen LogP) is 4.32. The Bertz CT molecular complexity index is 278. The SMILES string of the molecule is SCCCCCCOc1cccc(Br)c1. The summed E-state index contributed by atoms with van der Waals surface area (Å²) in [6.45, 7) is 0.809. The van der Waals surface area contributed by atoms with Gasteiger partial charge in [-0.15, -0.1) is 0 Å². The first-order valence-electron chi connectivity index (χ1n) is 5.32. The van der Waals surface area contributed by atoms with Crippen LogP contribution in [-0.4, -0.2) is 12.4 Å². The zero-order valence-electron chi connectivity index (χ0n) is 8.79. The van der Waals surface area contributed by atoms with Crippen LogP contribution in [0, 0.1) is 0 Å². The van der Waals surface area contributed by atoms with Gasteiger partial charge in [-0.2, -0.15) is 12.6 Å². The van der Waals surface area contributed by atoms with Crippen molar-refractivity contribution >= 4 is 28.6 Å². The average molecular weight is 289 g/mol. The van der Waals surface area contributed by atoms with Crippen LogP contribution in [0.5, 0.6) is 5.75 Å². The van der Waals surface area contributed by atoms with Crippen LogP contribution in [0.2, 0.25) is 0 Å². The molecule has 0 bridgehead atoms. The van der Waals surface area contributed by atoms with Crippen LogP contribution in [0.1, 0.15) is 25.7 Å². The number of hydrogen-bond donors (Lipinski definition) is 1. The quantitative estimate of drug-likeness (QED) is 0.581. The lowest BCUT2D eigenvalue weighted by Gasteiger charge is -2.05. The maximum atomic E-state index is 5.62. The van der Waals surface area contributed by atoms with Gasteiger partial charge in [0.15, 0.2) is 0 Å². The Morgan fingerprint density at radius 1 is 1.13 bits per heavy atom. The molecule has 0 N–H and O–H groups in total. The molecular weight excluding hydrogens is 272 g/mol. The van der Waals surface area contributed by atoms with E-state index in [9.17, 15) is 0 Å². The largest absolute Gasteiger partial charge is 0.494 e. The van der Waals surface area contributed by atoms with Crippen molar-refractivity contribution in [3.8, 4) is 5.75 Å². The van der Waals surface area contributed by atoms with E-state index in [0.29, 0.717) is 0 Å². The molecule has 0 aliphatic rings. The molecule has 15 heavy (non-hydrogen) atoms. The third kappa shape index (κ3) is 6.10. The number of benzene rings is 1. The van der Waals surface area contributed by atoms with E-state index in [1.165, 1.54) is 19.3 Å². The van der Waals surface area contributed by atoms with E-state index in [1.807, 2.05) is 24.3 Å². The highest BCUT2D eigenvalue weighted by Gasteiger charge is 1.94. The van der Waals surface area contributed by atoms with Crippen LogP contribution in [0.3, 0.4) is 0 Å². The van der Waals surface area contributed by atoms with Gasteiger partial charge in [0.25, 0.3) is 0 Å². The molecule has 1 rings (SSSR count). The summed E-state index contributed by atoms with van der Waals surface area (Å²) in [7, 11) is 0. The predicted molar refractivity (Wildman–Crippen MR) is 72.0 cm³/mol. The lowest BCUT2D eigenvalue weighted by molar-refractivity contribution is 0.305. The molecule has 0 radical (unpaired) electrons. The minimum absolute atomic E-state index is 0.809. The molecule has 0 aromatic heterocycles. The van der Waals surface area contributed by atoms with Gasteiger partial charge in [0, 0.05) is 4.47 Å². The average Bonchev–Trinajstić information content (AvgIpc) is 2.23. The minimum Gasteiger partial charge on any atom is -0.494 e. The van der Waals surface area contributed by atoms with Crippen molar-refractivity contribution in [1.29, 1.82) is 0 Å². The van der Waals surface area contributed by atoms with Gasteiger partial charge >= 0.3 is 0 Å². The van der Waals surface area contributed by atoms with E-state index in [0.717, 1.165) is 29.0 Å². The number of unbranched alkanes of at least 4 members (excludes halogenated alkanes) is 3. The summed E-state index contributed by atoms with van der Waals surface area (Å²) < 4.78 is 6.68. The maximum absolute atomic E-state index is 5.62. The van der Waals surface area contributed by atoms with Crippen molar-refractivity contribution in [3.05, 3.63) is 28.7 Å². The first-order chi connectivity index (χ1) is 7.33. The molecule has 0 amide bonds. The standard InChI is InChI=1S/C12H17BrOS/c13-11-6-5-7-12(10-11)14-8-3-1-2-4-9-15/h5-7,10,15H,1-4,8-9H2. The molecule has 0 aliphatic carbocycles. The number of hydrogen-bond acceptors (Lipinski definition) is 2. The highest BCUT2D eigenvalue weighted by molar-refractivity contribution is 9.10. The molecule has 1 aromatic carbocycles. The molecule has 3 heteroatoms. The molecule has 0 spiro atoms. The Morgan fingerprint density at radius 2 is 1.93 bits per heavy atom. The van der Waals surface area contributed by atoms with Crippen LogP contribution in [0.25, 0.3) is 0 Å². The Labute approximate surface area is 106 Å². The first kappa shape index (κ1) is 12.9. The highest BCUT2D eigenvalue weighted by atomic mass is 79.9. The molecule has 1 aromatic rings. The molecule has 0 unspecified atom stereocenters. The molecule has 0 heterocycles. The van der Waals surface area contributed by atoms with E-state index in [-0.39, 0.29) is 0 Å². The maximum Gasteiger partial charge on any atom is 0.120 e. The monoisotopic (exact) mass is 288 g/mol. The molecule has 0 saturated heterocycles. The van der Waals surface area contributed by atoms with Crippen molar-refractivity contribution in [3.63, 3.8) is 0 Å². The van der Waals surface area contributed by atoms with Crippen LogP contribution in [0.15, 0.2) is 28.7 Å². The second-order valence-corrected chi connectivity index (χ2v) is 4.81. The van der Waals surface area contributed by atoms with Gasteiger partial charge in [-0.05, 0) is 36.8 Å². The summed E-state index contributed by atoms with van der Waals surface area (Å²) in [4.78, 5) is 0. The summed E-state index contributed by atoms with van der Waals surface area (Å²) >= 11 is 7.59. The highest BCUT2D eigenvalue weighted by Crippen LogP contribution is 2.18. The second kappa shape index (κ2) is 8.05. The fourth-order valence-electron chi connectivity index (χ4n) is 1.31. The normalized spacial score (nSPS) is 10.3. The summed E-state index contributed by atoms with van der Waals surface area (Å²) in [5.74, 6) is 1.94. The summed E-state index contributed by atoms with van der Waals surface area (Å²) in [5.41, 5.74) is 0. The van der Waals surface area contributed by atoms with Crippen molar-refractivity contribution in [1.82, 2.24) is 0 Å². The molecule has 0 atom stereocenters. The molecule has 84 valence electrons. The van der Waals surface area contributed by atoms with Crippen molar-refractivity contribution in [2.75, 3.05) is 12.4 Å². The van der Waals surface area contributed by atoms with Gasteiger partial charge < -0.3 is 4.74 Å². The Kier molecular flexibility index (Phi) is 6.94. The van der Waals surface area contributed by atoms with Gasteiger partial charge in [-0.3, -0.25) is 0 Å². The number of halogens is 1. The zero-order chi connectivity index (χ0) is 10.9. The van der Waals surface area contributed by atoms with Crippen molar-refractivity contribution < 1.29 is 4.74 Å². The zero-order valence-corrected chi connectivity index (χ0v) is 11.3. The van der Waals surface area contributed by atoms with E-state index >= 15 is 0 Å². The van der Waals surface area contributed by atoms with Crippen molar-refractivity contribution in [2.45, 2.75) is 25.7 Å². The summed E-state index contributed by atoms with van der Waals surface area (Å²) in [6.07, 6.45) is 4.82. The molecule has 1 nitrogen and oxygen atoms in total. The van der Waals surface area contributed by atoms with Crippen LogP contribution in [0.4, 0.5) is 0 Å². The smallest absolute Gasteiger partial charge is 0.120 e. The van der Waals surface area contributed by atoms with Gasteiger partial charge in [0.05, 0.1) is 6.61 Å². The van der Waals surface area contributed by atoms with Crippen LogP contribution >= 0.6 is 28.6 Å². The third-order valence-electron chi connectivity index (χ3n) is 2.12. The Hall–Kier alpha value is -0.150. The van der Waals surface area contributed by atoms with E-state index in [4.69, 9.17) is 4.74 Å². The van der Waals surface area contributed by atoms with E-state index < -0.39 is 0 Å². The molecular formula is C12H17BrOS. The van der Waals surface area contributed by atoms with Crippen LogP contribution < -0.4 is 4.74 Å². The topological polar surface area (TPSA) is 9.23 Å². The Balaban J connectivity index is 2.10. The van der Waals surface area contributed by atoms with Gasteiger partial charge in [0.2, 0.25) is 0 Å². The molecule has 0 aliphatic heterocycles. The Morgan fingerprint density at radius 3 is 2.67 bits per heavy atom. The molecule has 0 saturated carbocycles. The fourth-order valence-corrected chi connectivity index (χ4v) is 1.92. The third-order valence-corrected chi connectivity index (χ3v) is 2.93. The second-order valence-electron chi connectivity index (χ2n) is 3.44. The lowest BCUT2D eigenvalue weighted by atomic mass is 10.2. The van der Waals surface area contributed by atoms with E-state index in [2.05, 4.69) is 28.6 Å². The number of ether oxygens (including phenoxy) is 1. The van der Waals surface area contributed by atoms with Gasteiger partial charge in [-0.25, -0.2) is 0 Å². The number of thiol groups is 1. The van der Waals surface area contributed by atoms with Crippen LogP contribution in [-0.2, 0) is 0 Å².